The number of hydrogen-bond acceptors (Lipinski definition) is 4. The van der Waals surface area contributed by atoms with Crippen molar-refractivity contribution in [3.8, 4) is 6.07 Å². The number of carbonyl (C=O) groups excluding carboxylic acids is 1. The fourth-order valence-electron chi connectivity index (χ4n) is 2.70. The Morgan fingerprint density at radius 1 is 1.03 bits per heavy atom. The molecule has 0 aromatic heterocycles. The van der Waals surface area contributed by atoms with E-state index < -0.39 is 11.7 Å². The van der Waals surface area contributed by atoms with Crippen molar-refractivity contribution in [3.05, 3.63) is 107 Å². The number of benzene rings is 3. The predicted molar refractivity (Wildman–Crippen MR) is 116 cm³/mol. The number of halogens is 1. The van der Waals surface area contributed by atoms with Gasteiger partial charge < -0.3 is 11.1 Å². The lowest BCUT2D eigenvalue weighted by atomic mass is 10.1. The maximum absolute atomic E-state index is 13.8. The first-order chi connectivity index (χ1) is 14.6. The third kappa shape index (κ3) is 5.18. The molecule has 148 valence electrons. The Morgan fingerprint density at radius 3 is 2.33 bits per heavy atom. The molecule has 0 unspecified atom stereocenters. The highest BCUT2D eigenvalue weighted by Crippen LogP contribution is 2.15. The molecular weight excluding hydrogens is 379 g/mol. The molecule has 0 radical (unpaired) electrons. The molecule has 3 aromatic carbocycles. The van der Waals surface area contributed by atoms with Crippen LogP contribution < -0.4 is 11.1 Å². The fraction of sp³-hybridized carbons (Fsp3) is 0.0417. The summed E-state index contributed by atoms with van der Waals surface area (Å²) in [5, 5.41) is 11.6. The number of hydrogen-bond donors (Lipinski definition) is 2. The first kappa shape index (κ1) is 20.5. The molecule has 30 heavy (non-hydrogen) atoms. The molecule has 0 atom stereocenters. The molecule has 0 aliphatic heterocycles. The summed E-state index contributed by atoms with van der Waals surface area (Å²) in [6.07, 6.45) is 1.61. The Hall–Kier alpha value is -4.24. The van der Waals surface area contributed by atoms with Crippen LogP contribution in [0.1, 0.15) is 21.5 Å². The van der Waals surface area contributed by atoms with Gasteiger partial charge in [-0.3, -0.25) is 9.79 Å². The van der Waals surface area contributed by atoms with E-state index in [1.165, 1.54) is 12.1 Å². The average molecular weight is 398 g/mol. The Labute approximate surface area is 174 Å². The topological polar surface area (TPSA) is 91.3 Å². The monoisotopic (exact) mass is 398 g/mol. The maximum atomic E-state index is 13.8. The zero-order valence-corrected chi connectivity index (χ0v) is 16.0. The van der Waals surface area contributed by atoms with Crippen LogP contribution in [0.15, 0.2) is 89.4 Å². The number of nitrogens with two attached hydrogens (primary N) is 1. The van der Waals surface area contributed by atoms with Crippen molar-refractivity contribution in [1.82, 2.24) is 5.32 Å². The van der Waals surface area contributed by atoms with Gasteiger partial charge in [-0.2, -0.15) is 5.26 Å². The Bertz CT molecular complexity index is 1130. The van der Waals surface area contributed by atoms with Crippen molar-refractivity contribution in [2.45, 2.75) is 0 Å². The van der Waals surface area contributed by atoms with Crippen LogP contribution in [0, 0.1) is 17.1 Å². The van der Waals surface area contributed by atoms with E-state index >= 15 is 0 Å². The minimum absolute atomic E-state index is 0.0948. The van der Waals surface area contributed by atoms with Crippen LogP contribution in [-0.2, 0) is 0 Å². The normalized spacial score (nSPS) is 11.6. The minimum Gasteiger partial charge on any atom is -0.398 e. The number of amides is 1. The van der Waals surface area contributed by atoms with E-state index in [2.05, 4.69) is 10.3 Å². The predicted octanol–water partition coefficient (Wildman–Crippen LogP) is 4.20. The number of nitrogens with zero attached hydrogens (tertiary/aromatic N) is 2. The van der Waals surface area contributed by atoms with Gasteiger partial charge in [-0.1, -0.05) is 48.5 Å². The first-order valence-electron chi connectivity index (χ1n) is 9.19. The van der Waals surface area contributed by atoms with Crippen molar-refractivity contribution in [1.29, 1.82) is 5.26 Å². The molecular formula is C24H19FN4O. The van der Waals surface area contributed by atoms with Gasteiger partial charge in [0.2, 0.25) is 0 Å². The summed E-state index contributed by atoms with van der Waals surface area (Å²) in [5.74, 6) is -1.22. The van der Waals surface area contributed by atoms with Crippen molar-refractivity contribution in [2.75, 3.05) is 6.54 Å². The number of carbonyl (C=O) groups is 1. The van der Waals surface area contributed by atoms with E-state index in [0.717, 1.165) is 17.3 Å². The van der Waals surface area contributed by atoms with Crippen LogP contribution in [0.25, 0.3) is 5.70 Å². The van der Waals surface area contributed by atoms with Gasteiger partial charge in [0, 0.05) is 29.6 Å². The number of aliphatic imine (C=N–C) groups is 1. The van der Waals surface area contributed by atoms with E-state index in [9.17, 15) is 9.18 Å². The van der Waals surface area contributed by atoms with E-state index in [0.29, 0.717) is 11.3 Å². The largest absolute Gasteiger partial charge is 0.398 e. The molecule has 1 amide bonds. The summed E-state index contributed by atoms with van der Waals surface area (Å²) in [5.41, 5.74) is 8.95. The highest BCUT2D eigenvalue weighted by Gasteiger charge is 2.11. The number of nitriles is 1. The first-order valence-corrected chi connectivity index (χ1v) is 9.19. The summed E-state index contributed by atoms with van der Waals surface area (Å²) >= 11 is 0. The Morgan fingerprint density at radius 2 is 1.70 bits per heavy atom. The highest BCUT2D eigenvalue weighted by molar-refractivity contribution is 5.97. The molecule has 3 N–H and O–H groups in total. The van der Waals surface area contributed by atoms with E-state index in [-0.39, 0.29) is 17.7 Å². The van der Waals surface area contributed by atoms with Crippen LogP contribution >= 0.6 is 0 Å². The summed E-state index contributed by atoms with van der Waals surface area (Å²) in [4.78, 5) is 16.9. The molecule has 0 bridgehead atoms. The second kappa shape index (κ2) is 9.80. The van der Waals surface area contributed by atoms with Crippen LogP contribution in [-0.4, -0.2) is 18.7 Å². The summed E-state index contributed by atoms with van der Waals surface area (Å²) in [6, 6.07) is 24.1. The molecule has 0 saturated carbocycles. The van der Waals surface area contributed by atoms with Gasteiger partial charge in [-0.15, -0.1) is 0 Å². The number of para-hydroxylation sites is 1. The molecule has 0 aliphatic carbocycles. The van der Waals surface area contributed by atoms with Gasteiger partial charge in [-0.25, -0.2) is 4.39 Å². The number of nitrogens with one attached hydrogen (secondary N) is 1. The van der Waals surface area contributed by atoms with Crippen LogP contribution in [0.2, 0.25) is 0 Å². The molecule has 6 heteroatoms. The maximum Gasteiger partial charge on any atom is 0.251 e. The SMILES string of the molecule is N#Cc1ccc(C(=O)NCC(C=Nc2ccccc2)=C(N)c2ccccc2)cc1F. The molecule has 0 spiro atoms. The van der Waals surface area contributed by atoms with Crippen molar-refractivity contribution < 1.29 is 9.18 Å². The second-order valence-corrected chi connectivity index (χ2v) is 6.39. The zero-order valence-electron chi connectivity index (χ0n) is 16.0. The lowest BCUT2D eigenvalue weighted by Gasteiger charge is -2.11. The van der Waals surface area contributed by atoms with E-state index in [4.69, 9.17) is 11.0 Å². The molecule has 0 aliphatic rings. The Kier molecular flexibility index (Phi) is 6.70. The molecule has 3 rings (SSSR count). The summed E-state index contributed by atoms with van der Waals surface area (Å²) in [6.45, 7) is 0.0948. The molecule has 0 heterocycles. The molecule has 0 saturated heterocycles. The average Bonchev–Trinajstić information content (AvgIpc) is 2.79. The minimum atomic E-state index is -0.740. The van der Waals surface area contributed by atoms with Gasteiger partial charge in [0.25, 0.3) is 5.91 Å². The van der Waals surface area contributed by atoms with Gasteiger partial charge >= 0.3 is 0 Å². The quantitative estimate of drug-likeness (QED) is 0.610. The smallest absolute Gasteiger partial charge is 0.251 e. The third-order valence-electron chi connectivity index (χ3n) is 4.35. The van der Waals surface area contributed by atoms with Crippen LogP contribution in [0.5, 0.6) is 0 Å². The van der Waals surface area contributed by atoms with Crippen molar-refractivity contribution in [2.24, 2.45) is 10.7 Å². The van der Waals surface area contributed by atoms with Crippen LogP contribution in [0.4, 0.5) is 10.1 Å². The van der Waals surface area contributed by atoms with E-state index in [1.54, 1.807) is 12.3 Å². The lowest BCUT2D eigenvalue weighted by molar-refractivity contribution is 0.0957. The molecule has 0 fully saturated rings. The van der Waals surface area contributed by atoms with Gasteiger partial charge in [0.05, 0.1) is 11.3 Å². The highest BCUT2D eigenvalue weighted by atomic mass is 19.1. The summed E-state index contributed by atoms with van der Waals surface area (Å²) < 4.78 is 13.8. The third-order valence-corrected chi connectivity index (χ3v) is 4.35. The van der Waals surface area contributed by atoms with Gasteiger partial charge in [0.1, 0.15) is 11.9 Å². The zero-order chi connectivity index (χ0) is 21.3. The van der Waals surface area contributed by atoms with Crippen molar-refractivity contribution in [3.63, 3.8) is 0 Å². The van der Waals surface area contributed by atoms with Crippen LogP contribution in [0.3, 0.4) is 0 Å². The van der Waals surface area contributed by atoms with Crippen molar-refractivity contribution >= 4 is 23.5 Å². The molecule has 5 nitrogen and oxygen atoms in total. The fourth-order valence-corrected chi connectivity index (χ4v) is 2.70. The van der Waals surface area contributed by atoms with E-state index in [1.807, 2.05) is 60.7 Å². The van der Waals surface area contributed by atoms with Gasteiger partial charge in [-0.05, 0) is 35.9 Å². The summed E-state index contributed by atoms with van der Waals surface area (Å²) in [7, 11) is 0. The van der Waals surface area contributed by atoms with Gasteiger partial charge in [0.15, 0.2) is 0 Å². The lowest BCUT2D eigenvalue weighted by Crippen LogP contribution is -2.27. The second-order valence-electron chi connectivity index (χ2n) is 6.39. The number of rotatable bonds is 6. The Balaban J connectivity index is 1.84. The standard InChI is InChI=1S/C24H19FN4O/c25-22-13-18(11-12-19(22)14-26)24(30)29-16-20(15-28-21-9-5-2-6-10-21)23(27)17-7-3-1-4-8-17/h1-13,15H,16,27H2,(H,29,30). The molecule has 3 aromatic rings.